The van der Waals surface area contributed by atoms with Crippen LogP contribution in [0, 0.1) is 47.0 Å². The molecule has 0 atom stereocenters. The third-order valence-electron chi connectivity index (χ3n) is 4.41. The Morgan fingerprint density at radius 3 is 1.65 bits per heavy atom. The van der Waals surface area contributed by atoms with E-state index in [-0.39, 0.29) is 16.0 Å². The summed E-state index contributed by atoms with van der Waals surface area (Å²) in [5.74, 6) is 8.20. The standard InChI is InChI=1S/C26H18F4S/c1-3-4-19-13-22(27)21(23(28)14-19)12-11-18-7-5-17(6-8-18)9-10-20-15-24(29)26(31-2)25(30)16-20/h5-8,13-16H,3-4H2,1-2H3. The first-order valence-corrected chi connectivity index (χ1v) is 10.8. The van der Waals surface area contributed by atoms with Crippen LogP contribution in [-0.2, 0) is 6.42 Å². The van der Waals surface area contributed by atoms with Gasteiger partial charge in [-0.3, -0.25) is 0 Å². The van der Waals surface area contributed by atoms with Crippen molar-refractivity contribution in [3.05, 3.63) is 99.6 Å². The van der Waals surface area contributed by atoms with Crippen LogP contribution in [0.1, 0.15) is 41.2 Å². The lowest BCUT2D eigenvalue weighted by atomic mass is 10.1. The minimum atomic E-state index is -0.676. The van der Waals surface area contributed by atoms with Crippen LogP contribution >= 0.6 is 11.8 Å². The Morgan fingerprint density at radius 2 is 1.16 bits per heavy atom. The van der Waals surface area contributed by atoms with Gasteiger partial charge < -0.3 is 0 Å². The van der Waals surface area contributed by atoms with E-state index in [1.165, 1.54) is 24.3 Å². The molecule has 0 aromatic heterocycles. The largest absolute Gasteiger partial charge is 0.206 e. The molecular weight excluding hydrogens is 420 g/mol. The van der Waals surface area contributed by atoms with Gasteiger partial charge in [0.15, 0.2) is 0 Å². The number of aryl methyl sites for hydroxylation is 1. The molecule has 156 valence electrons. The third-order valence-corrected chi connectivity index (χ3v) is 5.21. The van der Waals surface area contributed by atoms with Gasteiger partial charge in [0.25, 0.3) is 0 Å². The molecule has 3 rings (SSSR count). The Balaban J connectivity index is 1.78. The van der Waals surface area contributed by atoms with E-state index in [1.54, 1.807) is 30.5 Å². The average Bonchev–Trinajstić information content (AvgIpc) is 2.72. The maximum absolute atomic E-state index is 14.2. The molecule has 3 aromatic carbocycles. The summed E-state index contributed by atoms with van der Waals surface area (Å²) in [5.41, 5.74) is 1.74. The topological polar surface area (TPSA) is 0 Å². The SMILES string of the molecule is CCCc1cc(F)c(C#Cc2ccc(C#Cc3cc(F)c(SC)c(F)c3)cc2)c(F)c1. The molecule has 0 aliphatic rings. The Kier molecular flexibility index (Phi) is 7.45. The van der Waals surface area contributed by atoms with Gasteiger partial charge in [0, 0.05) is 16.7 Å². The molecule has 3 aromatic rings. The van der Waals surface area contributed by atoms with Crippen molar-refractivity contribution in [2.24, 2.45) is 0 Å². The van der Waals surface area contributed by atoms with Crippen LogP contribution < -0.4 is 0 Å². The zero-order valence-electron chi connectivity index (χ0n) is 17.0. The molecule has 5 heteroatoms. The Labute approximate surface area is 183 Å². The van der Waals surface area contributed by atoms with Gasteiger partial charge in [0.05, 0.1) is 10.5 Å². The maximum atomic E-state index is 14.2. The summed E-state index contributed by atoms with van der Waals surface area (Å²) < 4.78 is 56.0. The summed E-state index contributed by atoms with van der Waals surface area (Å²) in [6.45, 7) is 1.94. The molecule has 0 saturated carbocycles. The van der Waals surface area contributed by atoms with Crippen molar-refractivity contribution in [2.45, 2.75) is 24.7 Å². The number of hydrogen-bond acceptors (Lipinski definition) is 1. The molecule has 0 bridgehead atoms. The van der Waals surface area contributed by atoms with Crippen molar-refractivity contribution >= 4 is 11.8 Å². The molecule has 0 spiro atoms. The van der Waals surface area contributed by atoms with Crippen molar-refractivity contribution in [2.75, 3.05) is 6.26 Å². The molecule has 0 heterocycles. The van der Waals surface area contributed by atoms with Crippen LogP contribution in [0.25, 0.3) is 0 Å². The van der Waals surface area contributed by atoms with E-state index < -0.39 is 23.3 Å². The molecular formula is C26H18F4S. The summed E-state index contributed by atoms with van der Waals surface area (Å²) in [7, 11) is 0. The average molecular weight is 438 g/mol. The first kappa shape index (κ1) is 22.5. The van der Waals surface area contributed by atoms with E-state index in [0.29, 0.717) is 23.1 Å². The van der Waals surface area contributed by atoms with Gasteiger partial charge in [0.2, 0.25) is 0 Å². The van der Waals surface area contributed by atoms with Crippen molar-refractivity contribution in [1.29, 1.82) is 0 Å². The fourth-order valence-electron chi connectivity index (χ4n) is 2.92. The lowest BCUT2D eigenvalue weighted by Crippen LogP contribution is -1.94. The second-order valence-corrected chi connectivity index (χ2v) is 7.55. The lowest BCUT2D eigenvalue weighted by Gasteiger charge is -2.02. The van der Waals surface area contributed by atoms with E-state index in [2.05, 4.69) is 23.7 Å². The summed E-state index contributed by atoms with van der Waals surface area (Å²) in [4.78, 5) is -0.0404. The van der Waals surface area contributed by atoms with Crippen molar-refractivity contribution in [3.8, 4) is 23.7 Å². The van der Waals surface area contributed by atoms with E-state index in [4.69, 9.17) is 0 Å². The number of hydrogen-bond donors (Lipinski definition) is 0. The predicted molar refractivity (Wildman–Crippen MR) is 117 cm³/mol. The summed E-state index contributed by atoms with van der Waals surface area (Å²) in [6.07, 6.45) is 3.00. The highest BCUT2D eigenvalue weighted by Gasteiger charge is 2.10. The minimum absolute atomic E-state index is 0.0404. The van der Waals surface area contributed by atoms with Crippen LogP contribution in [0.5, 0.6) is 0 Å². The van der Waals surface area contributed by atoms with Crippen LogP contribution in [0.2, 0.25) is 0 Å². The van der Waals surface area contributed by atoms with E-state index in [9.17, 15) is 17.6 Å². The zero-order chi connectivity index (χ0) is 22.4. The monoisotopic (exact) mass is 438 g/mol. The van der Waals surface area contributed by atoms with Gasteiger partial charge in [-0.2, -0.15) is 0 Å². The molecule has 0 amide bonds. The normalized spacial score (nSPS) is 10.1. The van der Waals surface area contributed by atoms with Crippen LogP contribution in [0.15, 0.2) is 53.4 Å². The van der Waals surface area contributed by atoms with E-state index >= 15 is 0 Å². The van der Waals surface area contributed by atoms with E-state index in [1.807, 2.05) is 6.92 Å². The molecule has 31 heavy (non-hydrogen) atoms. The third kappa shape index (κ3) is 5.72. The number of rotatable bonds is 3. The molecule has 0 unspecified atom stereocenters. The number of halogens is 4. The zero-order valence-corrected chi connectivity index (χ0v) is 17.8. The highest BCUT2D eigenvalue weighted by Crippen LogP contribution is 2.24. The highest BCUT2D eigenvalue weighted by atomic mass is 32.2. The maximum Gasteiger partial charge on any atom is 0.142 e. The molecule has 0 aliphatic heterocycles. The van der Waals surface area contributed by atoms with Crippen LogP contribution in [-0.4, -0.2) is 6.26 Å². The minimum Gasteiger partial charge on any atom is -0.206 e. The first-order chi connectivity index (χ1) is 14.9. The Morgan fingerprint density at radius 1 is 0.677 bits per heavy atom. The van der Waals surface area contributed by atoms with Crippen LogP contribution in [0.4, 0.5) is 17.6 Å². The summed E-state index contributed by atoms with van der Waals surface area (Å²) in [6, 6.07) is 11.7. The molecule has 0 aliphatic carbocycles. The fourth-order valence-corrected chi connectivity index (χ4v) is 3.43. The summed E-state index contributed by atoms with van der Waals surface area (Å²) in [5, 5.41) is 0. The van der Waals surface area contributed by atoms with Gasteiger partial charge in [0.1, 0.15) is 23.3 Å². The van der Waals surface area contributed by atoms with Crippen molar-refractivity contribution < 1.29 is 17.6 Å². The van der Waals surface area contributed by atoms with Gasteiger partial charge in [-0.25, -0.2) is 17.6 Å². The van der Waals surface area contributed by atoms with E-state index in [0.717, 1.165) is 18.2 Å². The lowest BCUT2D eigenvalue weighted by molar-refractivity contribution is 0.540. The second kappa shape index (κ2) is 10.2. The fraction of sp³-hybridized carbons (Fsp3) is 0.154. The Bertz CT molecular complexity index is 1180. The van der Waals surface area contributed by atoms with Gasteiger partial charge >= 0.3 is 0 Å². The number of thioether (sulfide) groups is 1. The number of benzene rings is 3. The Hall–Kier alpha value is -3.15. The molecule has 0 fully saturated rings. The molecule has 0 saturated heterocycles. The first-order valence-electron chi connectivity index (χ1n) is 9.56. The van der Waals surface area contributed by atoms with Crippen molar-refractivity contribution in [3.63, 3.8) is 0 Å². The summed E-state index contributed by atoms with van der Waals surface area (Å²) >= 11 is 0.996. The smallest absolute Gasteiger partial charge is 0.142 e. The van der Waals surface area contributed by atoms with Crippen LogP contribution in [0.3, 0.4) is 0 Å². The van der Waals surface area contributed by atoms with Gasteiger partial charge in [-0.1, -0.05) is 37.0 Å². The quantitative estimate of drug-likeness (QED) is 0.249. The predicted octanol–water partition coefficient (Wildman–Crippen LogP) is 6.72. The second-order valence-electron chi connectivity index (χ2n) is 6.73. The van der Waals surface area contributed by atoms with Gasteiger partial charge in [-0.05, 0) is 66.8 Å². The molecule has 0 radical (unpaired) electrons. The van der Waals surface area contributed by atoms with Gasteiger partial charge in [-0.15, -0.1) is 11.8 Å². The highest BCUT2D eigenvalue weighted by molar-refractivity contribution is 7.98. The van der Waals surface area contributed by atoms with Crippen molar-refractivity contribution in [1.82, 2.24) is 0 Å². The molecule has 0 N–H and O–H groups in total. The molecule has 0 nitrogen and oxygen atoms in total.